The Morgan fingerprint density at radius 1 is 0.838 bits per heavy atom. The minimum atomic E-state index is -0.497. The lowest BCUT2D eigenvalue weighted by Gasteiger charge is -2.33. The molecular formula is C26H41N3O8. The Morgan fingerprint density at radius 2 is 1.24 bits per heavy atom. The fraction of sp³-hybridized carbons (Fsp3) is 0.692. The average Bonchev–Trinajstić information content (AvgIpc) is 2.78. The molecule has 2 fully saturated rings. The predicted octanol–water partition coefficient (Wildman–Crippen LogP) is 4.75. The Hall–Kier alpha value is -3.08. The molecule has 208 valence electrons. The van der Waals surface area contributed by atoms with E-state index in [9.17, 15) is 24.8 Å². The van der Waals surface area contributed by atoms with Gasteiger partial charge >= 0.3 is 12.2 Å². The van der Waals surface area contributed by atoms with Crippen LogP contribution in [0.3, 0.4) is 0 Å². The summed E-state index contributed by atoms with van der Waals surface area (Å²) in [5.41, 5.74) is -0.895. The van der Waals surface area contributed by atoms with Crippen LogP contribution in [0.1, 0.15) is 67.2 Å². The van der Waals surface area contributed by atoms with Crippen LogP contribution in [-0.2, 0) is 9.47 Å². The second-order valence-electron chi connectivity index (χ2n) is 11.2. The number of benzene rings is 1. The Kier molecular flexibility index (Phi) is 10.5. The number of hydrogen-bond donors (Lipinski definition) is 1. The summed E-state index contributed by atoms with van der Waals surface area (Å²) in [6.07, 6.45) is 1.88. The van der Waals surface area contributed by atoms with Gasteiger partial charge < -0.3 is 29.1 Å². The summed E-state index contributed by atoms with van der Waals surface area (Å²) in [6.45, 7) is 13.4. The van der Waals surface area contributed by atoms with Gasteiger partial charge in [0, 0.05) is 51.2 Å². The molecule has 2 amide bonds. The summed E-state index contributed by atoms with van der Waals surface area (Å²) in [7, 11) is 0. The molecular weight excluding hydrogens is 482 g/mol. The van der Waals surface area contributed by atoms with Gasteiger partial charge in [0.05, 0.1) is 11.0 Å². The van der Waals surface area contributed by atoms with Gasteiger partial charge in [-0.25, -0.2) is 9.59 Å². The lowest BCUT2D eigenvalue weighted by atomic mass is 10.1. The summed E-state index contributed by atoms with van der Waals surface area (Å²) < 4.78 is 16.4. The van der Waals surface area contributed by atoms with Gasteiger partial charge in [-0.3, -0.25) is 10.1 Å². The molecule has 1 N–H and O–H groups in total. The third-order valence-corrected chi connectivity index (χ3v) is 5.56. The molecule has 0 aliphatic carbocycles. The van der Waals surface area contributed by atoms with Crippen LogP contribution in [0.2, 0.25) is 0 Å². The summed E-state index contributed by atoms with van der Waals surface area (Å²) in [5, 5.41) is 19.9. The van der Waals surface area contributed by atoms with Gasteiger partial charge in [0.15, 0.2) is 0 Å². The van der Waals surface area contributed by atoms with Crippen molar-refractivity contribution in [1.82, 2.24) is 9.80 Å². The van der Waals surface area contributed by atoms with Crippen LogP contribution >= 0.6 is 0 Å². The van der Waals surface area contributed by atoms with E-state index in [0.717, 1.165) is 0 Å². The van der Waals surface area contributed by atoms with Crippen LogP contribution in [0.5, 0.6) is 5.75 Å². The van der Waals surface area contributed by atoms with E-state index in [0.29, 0.717) is 57.6 Å². The summed E-state index contributed by atoms with van der Waals surface area (Å²) in [5.74, 6) is 0.603. The second kappa shape index (κ2) is 12.9. The highest BCUT2D eigenvalue weighted by atomic mass is 16.6. The molecule has 0 bridgehead atoms. The van der Waals surface area contributed by atoms with E-state index in [2.05, 4.69) is 0 Å². The molecule has 37 heavy (non-hydrogen) atoms. The Balaban J connectivity index is 0.000000294. The van der Waals surface area contributed by atoms with Crippen molar-refractivity contribution in [2.45, 2.75) is 90.6 Å². The maximum Gasteiger partial charge on any atom is 0.410 e. The standard InChI is InChI=1S/C16H22N2O5.C10H19NO3/c1-16(2,3)23-15(19)17-10-8-14(9-11-17)22-13-6-4-12(5-7-13)18(20)21;1-10(2,3)14-9(13)11-6-4-8(12)5-7-11/h4-7,14H,8-11H2,1-3H3;8,12H,4-7H2,1-3H3. The van der Waals surface area contributed by atoms with Crippen molar-refractivity contribution in [2.24, 2.45) is 0 Å². The zero-order valence-corrected chi connectivity index (χ0v) is 22.8. The van der Waals surface area contributed by atoms with Crippen LogP contribution in [0, 0.1) is 10.1 Å². The number of hydrogen-bond acceptors (Lipinski definition) is 8. The Bertz CT molecular complexity index is 892. The number of nitrogens with zero attached hydrogens (tertiary/aromatic N) is 3. The number of carbonyl (C=O) groups excluding carboxylic acids is 2. The summed E-state index contributed by atoms with van der Waals surface area (Å²) in [6, 6.07) is 6.03. The molecule has 2 aliphatic heterocycles. The highest BCUT2D eigenvalue weighted by molar-refractivity contribution is 5.68. The first kappa shape index (κ1) is 30.1. The maximum atomic E-state index is 12.0. The monoisotopic (exact) mass is 523 g/mol. The number of amides is 2. The third kappa shape index (κ3) is 11.2. The van der Waals surface area contributed by atoms with Gasteiger partial charge in [-0.15, -0.1) is 0 Å². The number of piperidine rings is 2. The third-order valence-electron chi connectivity index (χ3n) is 5.56. The molecule has 2 aliphatic rings. The van der Waals surface area contributed by atoms with E-state index in [1.807, 2.05) is 41.5 Å². The number of nitro benzene ring substituents is 1. The molecule has 0 atom stereocenters. The average molecular weight is 524 g/mol. The lowest BCUT2D eigenvalue weighted by Crippen LogP contribution is -2.44. The molecule has 0 saturated carbocycles. The first-order valence-electron chi connectivity index (χ1n) is 12.7. The Labute approximate surface area is 218 Å². The van der Waals surface area contributed by atoms with Crippen LogP contribution in [0.25, 0.3) is 0 Å². The molecule has 3 rings (SSSR count). The molecule has 11 heteroatoms. The minimum absolute atomic E-state index is 0.00450. The van der Waals surface area contributed by atoms with Gasteiger partial charge in [-0.05, 0) is 66.5 Å². The van der Waals surface area contributed by atoms with Crippen molar-refractivity contribution < 1.29 is 33.8 Å². The summed E-state index contributed by atoms with van der Waals surface area (Å²) >= 11 is 0. The van der Waals surface area contributed by atoms with E-state index in [-0.39, 0.29) is 30.1 Å². The molecule has 1 aromatic rings. The molecule has 1 aromatic carbocycles. The molecule has 0 spiro atoms. The highest BCUT2D eigenvalue weighted by Gasteiger charge is 2.28. The van der Waals surface area contributed by atoms with Crippen molar-refractivity contribution in [2.75, 3.05) is 26.2 Å². The van der Waals surface area contributed by atoms with Crippen LogP contribution in [0.4, 0.5) is 15.3 Å². The number of aliphatic hydroxyl groups excluding tert-OH is 1. The van der Waals surface area contributed by atoms with E-state index in [1.165, 1.54) is 12.1 Å². The zero-order chi connectivity index (χ0) is 27.8. The van der Waals surface area contributed by atoms with Crippen molar-refractivity contribution in [3.05, 3.63) is 34.4 Å². The van der Waals surface area contributed by atoms with E-state index >= 15 is 0 Å². The lowest BCUT2D eigenvalue weighted by molar-refractivity contribution is -0.384. The molecule has 2 heterocycles. The first-order chi connectivity index (χ1) is 17.1. The Morgan fingerprint density at radius 3 is 1.62 bits per heavy atom. The smallest absolute Gasteiger partial charge is 0.410 e. The summed E-state index contributed by atoms with van der Waals surface area (Å²) in [4.78, 5) is 37.0. The molecule has 0 unspecified atom stereocenters. The fourth-order valence-corrected chi connectivity index (χ4v) is 3.70. The van der Waals surface area contributed by atoms with E-state index < -0.39 is 16.1 Å². The normalized spacial score (nSPS) is 17.4. The largest absolute Gasteiger partial charge is 0.490 e. The molecule has 0 radical (unpaired) electrons. The fourth-order valence-electron chi connectivity index (χ4n) is 3.70. The van der Waals surface area contributed by atoms with E-state index in [4.69, 9.17) is 14.2 Å². The van der Waals surface area contributed by atoms with Gasteiger partial charge in [0.2, 0.25) is 0 Å². The van der Waals surface area contributed by atoms with E-state index in [1.54, 1.807) is 21.9 Å². The number of likely N-dealkylation sites (tertiary alicyclic amines) is 2. The maximum absolute atomic E-state index is 12.0. The highest BCUT2D eigenvalue weighted by Crippen LogP contribution is 2.23. The number of rotatable bonds is 3. The van der Waals surface area contributed by atoms with Crippen molar-refractivity contribution >= 4 is 17.9 Å². The number of ether oxygens (including phenoxy) is 3. The number of nitro groups is 1. The zero-order valence-electron chi connectivity index (χ0n) is 22.8. The second-order valence-corrected chi connectivity index (χ2v) is 11.2. The van der Waals surface area contributed by atoms with Gasteiger partial charge in [-0.2, -0.15) is 0 Å². The minimum Gasteiger partial charge on any atom is -0.490 e. The van der Waals surface area contributed by atoms with Crippen molar-refractivity contribution in [3.63, 3.8) is 0 Å². The van der Waals surface area contributed by atoms with Gasteiger partial charge in [-0.1, -0.05) is 0 Å². The molecule has 0 aromatic heterocycles. The number of carbonyl (C=O) groups is 2. The number of non-ortho nitro benzene ring substituents is 1. The van der Waals surface area contributed by atoms with Gasteiger partial charge in [0.25, 0.3) is 5.69 Å². The predicted molar refractivity (Wildman–Crippen MR) is 138 cm³/mol. The number of aliphatic hydroxyl groups is 1. The van der Waals surface area contributed by atoms with Gasteiger partial charge in [0.1, 0.15) is 23.1 Å². The quantitative estimate of drug-likeness (QED) is 0.443. The van der Waals surface area contributed by atoms with Crippen molar-refractivity contribution in [3.8, 4) is 5.75 Å². The SMILES string of the molecule is CC(C)(C)OC(=O)N1CCC(O)CC1.CC(C)(C)OC(=O)N1CCC(Oc2ccc([N+](=O)[O-])cc2)CC1. The van der Waals surface area contributed by atoms with Crippen LogP contribution in [0.15, 0.2) is 24.3 Å². The molecule has 11 nitrogen and oxygen atoms in total. The van der Waals surface area contributed by atoms with Crippen LogP contribution < -0.4 is 4.74 Å². The van der Waals surface area contributed by atoms with Crippen LogP contribution in [-0.4, -0.2) is 81.6 Å². The van der Waals surface area contributed by atoms with Crippen molar-refractivity contribution in [1.29, 1.82) is 0 Å². The topological polar surface area (TPSA) is 132 Å². The molecule has 2 saturated heterocycles. The first-order valence-corrected chi connectivity index (χ1v) is 12.7.